The first-order chi connectivity index (χ1) is 23.9. The van der Waals surface area contributed by atoms with Crippen LogP contribution in [-0.4, -0.2) is 70.1 Å². The average Bonchev–Trinajstić information content (AvgIpc) is 3.51. The Morgan fingerprint density at radius 1 is 0.939 bits per heavy atom. The summed E-state index contributed by atoms with van der Waals surface area (Å²) in [6, 6.07) is 20.5. The number of aromatic nitrogens is 4. The van der Waals surface area contributed by atoms with E-state index < -0.39 is 6.04 Å². The number of benzene rings is 3. The fourth-order valence-corrected chi connectivity index (χ4v) is 7.47. The monoisotopic (exact) mass is 661 g/mol. The summed E-state index contributed by atoms with van der Waals surface area (Å²) in [5.74, 6) is 1.43. The predicted octanol–water partition coefficient (Wildman–Crippen LogP) is 3.22. The van der Waals surface area contributed by atoms with E-state index in [-0.39, 0.29) is 29.7 Å². The summed E-state index contributed by atoms with van der Waals surface area (Å²) in [6.07, 6.45) is 3.67. The number of fused-ring (bicyclic) bond motifs is 1. The van der Waals surface area contributed by atoms with Crippen LogP contribution in [0.5, 0.6) is 0 Å². The third-order valence-electron chi connectivity index (χ3n) is 10.5. The molecule has 1 aromatic heterocycles. The van der Waals surface area contributed by atoms with Gasteiger partial charge < -0.3 is 27.0 Å². The minimum atomic E-state index is -0.795. The number of tetrazole rings is 1. The van der Waals surface area contributed by atoms with Crippen molar-refractivity contribution >= 4 is 23.4 Å². The standard InChI is InChI=1S/C37H43N9O3/c1-21-15-27(36(48)42-33-30-19-39-20-31(30)33)11-14-29(21)26-4-2-3-23(16-26)17-32(41-35(47)25-7-5-22(18-38)6-8-25)37(49)40-28-12-9-24(10-13-28)34-43-45-46-44-34/h2-4,9-16,22,25,30-33,39H,5-8,17-20,38H2,1H3,(H,40,49)(H,41,47)(H,42,48)(H,43,44,45,46)/t22?,25?,30?,31?,32-,33?/m0/s1. The summed E-state index contributed by atoms with van der Waals surface area (Å²) in [5, 5.41) is 26.7. The third-order valence-corrected chi connectivity index (χ3v) is 10.5. The molecule has 1 saturated heterocycles. The highest BCUT2D eigenvalue weighted by Crippen LogP contribution is 2.41. The highest BCUT2D eigenvalue weighted by molar-refractivity contribution is 5.98. The van der Waals surface area contributed by atoms with Gasteiger partial charge in [0.1, 0.15) is 6.04 Å². The largest absolute Gasteiger partial charge is 0.349 e. The first kappa shape index (κ1) is 32.6. The second-order valence-corrected chi connectivity index (χ2v) is 13.7. The highest BCUT2D eigenvalue weighted by Gasteiger charge is 2.53. The highest BCUT2D eigenvalue weighted by atomic mass is 16.2. The van der Waals surface area contributed by atoms with Crippen molar-refractivity contribution in [3.63, 3.8) is 0 Å². The Balaban J connectivity index is 1.06. The Morgan fingerprint density at radius 3 is 2.41 bits per heavy atom. The maximum atomic E-state index is 13.8. The molecule has 7 N–H and O–H groups in total. The van der Waals surface area contributed by atoms with Crippen LogP contribution in [0.1, 0.15) is 47.2 Å². The van der Waals surface area contributed by atoms with Crippen molar-refractivity contribution in [1.82, 2.24) is 36.6 Å². The molecule has 49 heavy (non-hydrogen) atoms. The molecule has 0 spiro atoms. The van der Waals surface area contributed by atoms with E-state index in [0.717, 1.165) is 66.6 Å². The average molecular weight is 662 g/mol. The van der Waals surface area contributed by atoms with Crippen molar-refractivity contribution in [2.45, 2.75) is 51.1 Å². The van der Waals surface area contributed by atoms with Crippen LogP contribution in [0.15, 0.2) is 66.7 Å². The molecule has 254 valence electrons. The molecule has 3 aromatic carbocycles. The maximum absolute atomic E-state index is 13.8. The lowest BCUT2D eigenvalue weighted by molar-refractivity contribution is -0.130. The van der Waals surface area contributed by atoms with E-state index in [0.29, 0.717) is 47.8 Å². The number of anilines is 1. The van der Waals surface area contributed by atoms with Crippen LogP contribution in [0, 0.1) is 30.6 Å². The van der Waals surface area contributed by atoms with E-state index in [2.05, 4.69) is 48.0 Å². The second kappa shape index (κ2) is 14.3. The molecule has 3 fully saturated rings. The first-order valence-corrected chi connectivity index (χ1v) is 17.2. The van der Waals surface area contributed by atoms with E-state index in [9.17, 15) is 14.4 Å². The van der Waals surface area contributed by atoms with Crippen molar-refractivity contribution in [3.05, 3.63) is 83.4 Å². The summed E-state index contributed by atoms with van der Waals surface area (Å²) in [4.78, 5) is 40.3. The number of amides is 3. The lowest BCUT2D eigenvalue weighted by atomic mass is 9.81. The van der Waals surface area contributed by atoms with E-state index in [1.54, 1.807) is 24.3 Å². The quantitative estimate of drug-likeness (QED) is 0.142. The summed E-state index contributed by atoms with van der Waals surface area (Å²) >= 11 is 0. The molecule has 0 bridgehead atoms. The molecule has 2 aliphatic carbocycles. The number of hydrogen-bond acceptors (Lipinski definition) is 8. The summed E-state index contributed by atoms with van der Waals surface area (Å²) < 4.78 is 0. The van der Waals surface area contributed by atoms with E-state index in [4.69, 9.17) is 5.73 Å². The lowest BCUT2D eigenvalue weighted by Crippen LogP contribution is -2.48. The molecule has 3 atom stereocenters. The van der Waals surface area contributed by atoms with Gasteiger partial charge in [0.05, 0.1) is 0 Å². The summed E-state index contributed by atoms with van der Waals surface area (Å²) in [7, 11) is 0. The van der Waals surface area contributed by atoms with Crippen LogP contribution < -0.4 is 27.0 Å². The third kappa shape index (κ3) is 7.40. The number of carbonyl (C=O) groups is 3. The molecule has 2 saturated carbocycles. The van der Waals surface area contributed by atoms with Crippen molar-refractivity contribution < 1.29 is 14.4 Å². The Bertz CT molecular complexity index is 1790. The number of nitrogens with zero attached hydrogens (tertiary/aromatic N) is 3. The number of nitrogens with one attached hydrogen (secondary N) is 5. The Morgan fingerprint density at radius 2 is 1.71 bits per heavy atom. The van der Waals surface area contributed by atoms with Gasteiger partial charge in [0, 0.05) is 48.3 Å². The van der Waals surface area contributed by atoms with Crippen LogP contribution in [0.25, 0.3) is 22.5 Å². The van der Waals surface area contributed by atoms with Gasteiger partial charge in [-0.25, -0.2) is 0 Å². The molecular formula is C37H43N9O3. The number of nitrogens with two attached hydrogens (primary N) is 1. The van der Waals surface area contributed by atoms with Crippen LogP contribution in [0.4, 0.5) is 5.69 Å². The fourth-order valence-electron chi connectivity index (χ4n) is 7.47. The van der Waals surface area contributed by atoms with Gasteiger partial charge in [0.25, 0.3) is 5.91 Å². The van der Waals surface area contributed by atoms with Crippen molar-refractivity contribution in [2.75, 3.05) is 25.0 Å². The zero-order valence-corrected chi connectivity index (χ0v) is 27.6. The second-order valence-electron chi connectivity index (χ2n) is 13.7. The number of H-pyrrole nitrogens is 1. The maximum Gasteiger partial charge on any atom is 0.251 e. The molecule has 2 heterocycles. The molecule has 2 unspecified atom stereocenters. The van der Waals surface area contributed by atoms with Gasteiger partial charge in [-0.1, -0.05) is 30.3 Å². The van der Waals surface area contributed by atoms with Gasteiger partial charge in [-0.05, 0) is 121 Å². The minimum absolute atomic E-state index is 0.0339. The zero-order valence-electron chi connectivity index (χ0n) is 27.6. The number of carbonyl (C=O) groups excluding carboxylic acids is 3. The van der Waals surface area contributed by atoms with E-state index >= 15 is 0 Å². The van der Waals surface area contributed by atoms with Crippen LogP contribution in [0.2, 0.25) is 0 Å². The van der Waals surface area contributed by atoms with Crippen LogP contribution in [0.3, 0.4) is 0 Å². The molecule has 3 aliphatic rings. The van der Waals surface area contributed by atoms with Gasteiger partial charge >= 0.3 is 0 Å². The smallest absolute Gasteiger partial charge is 0.251 e. The lowest BCUT2D eigenvalue weighted by Gasteiger charge is -2.28. The molecule has 0 radical (unpaired) electrons. The van der Waals surface area contributed by atoms with Crippen molar-refractivity contribution in [1.29, 1.82) is 0 Å². The van der Waals surface area contributed by atoms with Crippen molar-refractivity contribution in [3.8, 4) is 22.5 Å². The molecule has 1 aliphatic heterocycles. The Hall–Kier alpha value is -4.94. The van der Waals surface area contributed by atoms with Crippen LogP contribution in [-0.2, 0) is 16.0 Å². The minimum Gasteiger partial charge on any atom is -0.349 e. The number of rotatable bonds is 11. The van der Waals surface area contributed by atoms with Gasteiger partial charge in [-0.3, -0.25) is 14.4 Å². The van der Waals surface area contributed by atoms with Gasteiger partial charge in [-0.15, -0.1) is 10.2 Å². The van der Waals surface area contributed by atoms with Crippen LogP contribution >= 0.6 is 0 Å². The number of piperidine rings is 1. The fraction of sp³-hybridized carbons (Fsp3) is 0.405. The van der Waals surface area contributed by atoms with E-state index in [1.807, 2.05) is 43.3 Å². The first-order valence-electron chi connectivity index (χ1n) is 17.2. The Labute approximate surface area is 285 Å². The molecular weight excluding hydrogens is 618 g/mol. The topological polar surface area (TPSA) is 180 Å². The normalized spacial score (nSPS) is 23.3. The van der Waals surface area contributed by atoms with Crippen molar-refractivity contribution in [2.24, 2.45) is 29.4 Å². The number of aryl methyl sites for hydroxylation is 1. The molecule has 3 amide bonds. The molecule has 12 heteroatoms. The van der Waals surface area contributed by atoms with E-state index in [1.165, 1.54) is 0 Å². The number of aromatic amines is 1. The molecule has 4 aromatic rings. The Kier molecular flexibility index (Phi) is 9.49. The van der Waals surface area contributed by atoms with Gasteiger partial charge in [0.2, 0.25) is 17.6 Å². The predicted molar refractivity (Wildman–Crippen MR) is 186 cm³/mol. The summed E-state index contributed by atoms with van der Waals surface area (Å²) in [6.45, 7) is 4.59. The summed E-state index contributed by atoms with van der Waals surface area (Å²) in [5.41, 5.74) is 11.8. The SMILES string of the molecule is Cc1cc(C(=O)NC2C3CNCC32)ccc1-c1cccc(C[C@H](NC(=O)C2CCC(CN)CC2)C(=O)Nc2ccc(-c3nn[nH]n3)cc2)c1. The zero-order chi connectivity index (χ0) is 33.9. The molecule has 7 rings (SSSR count). The van der Waals surface area contributed by atoms with Gasteiger partial charge in [-0.2, -0.15) is 5.21 Å². The molecule has 12 nitrogen and oxygen atoms in total. The number of hydrogen-bond donors (Lipinski definition) is 6. The van der Waals surface area contributed by atoms with Gasteiger partial charge in [0.15, 0.2) is 0 Å².